The first-order valence-electron chi connectivity index (χ1n) is 9.16. The Morgan fingerprint density at radius 1 is 1.36 bits per heavy atom. The average molecular weight is 337 g/mol. The van der Waals surface area contributed by atoms with Crippen LogP contribution in [0.4, 0.5) is 0 Å². The maximum Gasteiger partial charge on any atom is 0.314 e. The molecular weight excluding hydrogens is 312 g/mol. The molecule has 4 heteroatoms. The normalized spacial score (nSPS) is 23.0. The van der Waals surface area contributed by atoms with E-state index in [-0.39, 0.29) is 11.9 Å². The van der Waals surface area contributed by atoms with Crippen molar-refractivity contribution in [3.05, 3.63) is 47.2 Å². The highest BCUT2D eigenvalue weighted by molar-refractivity contribution is 5.88. The van der Waals surface area contributed by atoms with Gasteiger partial charge in [-0.1, -0.05) is 31.2 Å². The minimum atomic E-state index is -0.232. The van der Waals surface area contributed by atoms with Crippen LogP contribution in [0.15, 0.2) is 35.9 Å². The van der Waals surface area contributed by atoms with Crippen molar-refractivity contribution in [3.63, 3.8) is 0 Å². The Balaban J connectivity index is 1.85. The molecule has 1 aromatic carbocycles. The molecule has 0 fully saturated rings. The summed E-state index contributed by atoms with van der Waals surface area (Å²) in [7, 11) is 1.49. The van der Waals surface area contributed by atoms with Crippen molar-refractivity contribution in [3.8, 4) is 0 Å². The Labute approximate surface area is 148 Å². The molecule has 0 saturated heterocycles. The zero-order valence-electron chi connectivity index (χ0n) is 14.9. The van der Waals surface area contributed by atoms with Crippen LogP contribution in [0.3, 0.4) is 0 Å². The monoisotopic (exact) mass is 337 g/mol. The van der Waals surface area contributed by atoms with Gasteiger partial charge in [-0.15, -0.1) is 0 Å². The quantitative estimate of drug-likeness (QED) is 0.674. The van der Waals surface area contributed by atoms with Gasteiger partial charge in [0.25, 0.3) is 0 Å². The molecule has 0 radical (unpaired) electrons. The van der Waals surface area contributed by atoms with Crippen LogP contribution in [0.25, 0.3) is 10.9 Å². The van der Waals surface area contributed by atoms with Gasteiger partial charge in [-0.2, -0.15) is 0 Å². The predicted molar refractivity (Wildman–Crippen MR) is 99.3 cm³/mol. The number of esters is 1. The van der Waals surface area contributed by atoms with Gasteiger partial charge in [0.2, 0.25) is 0 Å². The number of aromatic nitrogens is 1. The van der Waals surface area contributed by atoms with Gasteiger partial charge in [0, 0.05) is 34.5 Å². The van der Waals surface area contributed by atoms with Crippen LogP contribution < -0.4 is 0 Å². The van der Waals surface area contributed by atoms with E-state index in [2.05, 4.69) is 47.0 Å². The van der Waals surface area contributed by atoms with Crippen molar-refractivity contribution in [1.82, 2.24) is 4.98 Å². The van der Waals surface area contributed by atoms with Crippen molar-refractivity contribution < 1.29 is 14.1 Å². The van der Waals surface area contributed by atoms with Gasteiger partial charge in [0.15, 0.2) is 6.21 Å². The molecule has 4 nitrogen and oxygen atoms in total. The molecule has 2 bridgehead atoms. The second kappa shape index (κ2) is 6.51. The number of hydrogen-bond acceptors (Lipinski definition) is 2. The fourth-order valence-electron chi connectivity index (χ4n) is 4.31. The summed E-state index contributed by atoms with van der Waals surface area (Å²) in [5.74, 6) is 0.00785. The Bertz CT molecular complexity index is 875. The summed E-state index contributed by atoms with van der Waals surface area (Å²) in [5, 5.41) is 1.23. The number of para-hydroxylation sites is 1. The number of ether oxygens (including phenoxy) is 1. The summed E-state index contributed by atoms with van der Waals surface area (Å²) in [4.78, 5) is 16.1. The van der Waals surface area contributed by atoms with Crippen molar-refractivity contribution in [2.24, 2.45) is 5.92 Å². The van der Waals surface area contributed by atoms with Crippen LogP contribution in [0.5, 0.6) is 0 Å². The lowest BCUT2D eigenvalue weighted by molar-refractivity contribution is -0.529. The minimum Gasteiger partial charge on any atom is -0.469 e. The third kappa shape index (κ3) is 2.90. The molecule has 0 aliphatic carbocycles. The minimum absolute atomic E-state index is 0.137. The van der Waals surface area contributed by atoms with Crippen LogP contribution in [-0.4, -0.2) is 41.9 Å². The van der Waals surface area contributed by atoms with Crippen LogP contribution in [0, 0.1) is 5.92 Å². The molecule has 1 N–H and O–H groups in total. The number of nitrogens with one attached hydrogen (secondary N) is 1. The molecule has 2 aromatic rings. The van der Waals surface area contributed by atoms with Gasteiger partial charge >= 0.3 is 5.97 Å². The maximum absolute atomic E-state index is 12.6. The van der Waals surface area contributed by atoms with E-state index in [1.807, 2.05) is 6.07 Å². The largest absolute Gasteiger partial charge is 0.469 e. The number of methoxy groups -OCH3 is 1. The Hall–Kier alpha value is -2.36. The summed E-state index contributed by atoms with van der Waals surface area (Å²) in [6, 6.07) is 8.34. The SMILES string of the molecule is CCC1=C[C@H]2C[C@@H](C(=O)OC)c3[nH]c4ccccc4c3CC[N+](=C1)C2. The molecule has 4 rings (SSSR count). The third-order valence-electron chi connectivity index (χ3n) is 5.54. The highest BCUT2D eigenvalue weighted by Gasteiger charge is 2.34. The molecule has 2 aliphatic rings. The molecule has 0 unspecified atom stereocenters. The van der Waals surface area contributed by atoms with Crippen molar-refractivity contribution in [1.29, 1.82) is 0 Å². The zero-order valence-corrected chi connectivity index (χ0v) is 14.9. The van der Waals surface area contributed by atoms with Gasteiger partial charge in [0.05, 0.1) is 13.0 Å². The molecule has 1 aromatic heterocycles. The average Bonchev–Trinajstić information content (AvgIpc) is 3.02. The van der Waals surface area contributed by atoms with Crippen molar-refractivity contribution >= 4 is 23.1 Å². The summed E-state index contributed by atoms with van der Waals surface area (Å²) >= 11 is 0. The van der Waals surface area contributed by atoms with E-state index in [9.17, 15) is 4.79 Å². The number of fused-ring (bicyclic) bond motifs is 5. The van der Waals surface area contributed by atoms with E-state index in [1.54, 1.807) is 0 Å². The molecule has 0 spiro atoms. The number of allylic oxidation sites excluding steroid dienone is 1. The van der Waals surface area contributed by atoms with Gasteiger partial charge in [-0.05, 0) is 24.5 Å². The van der Waals surface area contributed by atoms with Crippen molar-refractivity contribution in [2.45, 2.75) is 32.1 Å². The first kappa shape index (κ1) is 16.1. The van der Waals surface area contributed by atoms with Gasteiger partial charge in [-0.25, -0.2) is 4.58 Å². The van der Waals surface area contributed by atoms with Crippen LogP contribution in [-0.2, 0) is 16.0 Å². The van der Waals surface area contributed by atoms with Crippen LogP contribution >= 0.6 is 0 Å². The number of hydrogen-bond donors (Lipinski definition) is 1. The fraction of sp³-hybridized carbons (Fsp3) is 0.429. The van der Waals surface area contributed by atoms with E-state index in [0.717, 1.165) is 43.6 Å². The third-order valence-corrected chi connectivity index (χ3v) is 5.54. The summed E-state index contributed by atoms with van der Waals surface area (Å²) < 4.78 is 7.59. The number of aromatic amines is 1. The molecule has 2 atom stereocenters. The first-order valence-corrected chi connectivity index (χ1v) is 9.16. The summed E-state index contributed by atoms with van der Waals surface area (Å²) in [6.07, 6.45) is 7.40. The second-order valence-corrected chi connectivity index (χ2v) is 7.10. The molecule has 0 saturated carbocycles. The van der Waals surface area contributed by atoms with E-state index < -0.39 is 0 Å². The highest BCUT2D eigenvalue weighted by atomic mass is 16.5. The number of nitrogens with zero attached hydrogens (tertiary/aromatic N) is 1. The molecular formula is C21H25N2O2+. The molecule has 130 valence electrons. The fourth-order valence-corrected chi connectivity index (χ4v) is 4.31. The number of carbonyl (C=O) groups is 1. The lowest BCUT2D eigenvalue weighted by Crippen LogP contribution is -2.28. The van der Waals surface area contributed by atoms with Crippen molar-refractivity contribution in [2.75, 3.05) is 20.2 Å². The van der Waals surface area contributed by atoms with Crippen LogP contribution in [0.1, 0.15) is 36.9 Å². The van der Waals surface area contributed by atoms with E-state index in [1.165, 1.54) is 23.6 Å². The first-order chi connectivity index (χ1) is 12.2. The summed E-state index contributed by atoms with van der Waals surface area (Å²) in [5.41, 5.74) is 4.80. The number of carbonyl (C=O) groups excluding carboxylic acids is 1. The molecule has 25 heavy (non-hydrogen) atoms. The standard InChI is InChI=1S/C21H25N2O2/c1-3-14-10-15-11-18(21(24)25-2)20-17(8-9-23(12-14)13-15)16-6-4-5-7-19(16)22-20/h4-7,10,12,15,18,22H,3,8-9,11,13H2,1-2H3/q+1/t15-,18+/m0/s1. The van der Waals surface area contributed by atoms with E-state index >= 15 is 0 Å². The van der Waals surface area contributed by atoms with Gasteiger partial charge in [-0.3, -0.25) is 4.79 Å². The predicted octanol–water partition coefficient (Wildman–Crippen LogP) is 3.42. The number of benzene rings is 1. The second-order valence-electron chi connectivity index (χ2n) is 7.10. The Morgan fingerprint density at radius 3 is 3.00 bits per heavy atom. The molecule has 2 aliphatic heterocycles. The Morgan fingerprint density at radius 2 is 2.20 bits per heavy atom. The lowest BCUT2D eigenvalue weighted by Gasteiger charge is -2.20. The highest BCUT2D eigenvalue weighted by Crippen LogP contribution is 2.35. The molecule has 0 amide bonds. The zero-order chi connectivity index (χ0) is 17.4. The van der Waals surface area contributed by atoms with Gasteiger partial charge < -0.3 is 9.72 Å². The maximum atomic E-state index is 12.6. The Kier molecular flexibility index (Phi) is 4.20. The van der Waals surface area contributed by atoms with E-state index in [0.29, 0.717) is 5.92 Å². The molecule has 3 heterocycles. The van der Waals surface area contributed by atoms with E-state index in [4.69, 9.17) is 4.74 Å². The number of H-pyrrole nitrogens is 1. The smallest absolute Gasteiger partial charge is 0.314 e. The van der Waals surface area contributed by atoms with Crippen LogP contribution in [0.2, 0.25) is 0 Å². The van der Waals surface area contributed by atoms with Gasteiger partial charge in [0.1, 0.15) is 13.1 Å². The lowest BCUT2D eigenvalue weighted by atomic mass is 9.88. The number of rotatable bonds is 2. The topological polar surface area (TPSA) is 45.1 Å². The summed E-state index contributed by atoms with van der Waals surface area (Å²) in [6.45, 7) is 4.16.